The molecule has 1 aliphatic rings. The number of halogens is 3. The molecule has 0 saturated carbocycles. The van der Waals surface area contributed by atoms with E-state index in [1.165, 1.54) is 24.3 Å². The summed E-state index contributed by atoms with van der Waals surface area (Å²) in [5.74, 6) is 0.350. The fourth-order valence-electron chi connectivity index (χ4n) is 4.48. The van der Waals surface area contributed by atoms with Crippen LogP contribution in [0.5, 0.6) is 5.75 Å². The van der Waals surface area contributed by atoms with Gasteiger partial charge < -0.3 is 14.6 Å². The SMILES string of the molecule is Cc1cccc(C)c1NC(=O)NSN=Cc1ccc2c(c1)CCc1c(-c3ccc(OC(F)(F)F)cc3)noc1-2. The average Bonchev–Trinajstić information content (AvgIpc) is 3.33. The van der Waals surface area contributed by atoms with Gasteiger partial charge in [0.2, 0.25) is 0 Å². The zero-order chi connectivity index (χ0) is 27.6. The van der Waals surface area contributed by atoms with Crippen molar-refractivity contribution in [2.45, 2.75) is 33.1 Å². The van der Waals surface area contributed by atoms with Gasteiger partial charge >= 0.3 is 12.4 Å². The van der Waals surface area contributed by atoms with Crippen LogP contribution in [0.1, 0.15) is 27.8 Å². The molecule has 1 aromatic heterocycles. The molecule has 200 valence electrons. The number of para-hydroxylation sites is 1. The van der Waals surface area contributed by atoms with Crippen molar-refractivity contribution in [3.63, 3.8) is 0 Å². The first-order valence-electron chi connectivity index (χ1n) is 12.0. The molecular formula is C28H23F3N4O3S. The van der Waals surface area contributed by atoms with Gasteiger partial charge in [-0.25, -0.2) is 9.19 Å². The lowest BCUT2D eigenvalue weighted by Crippen LogP contribution is -2.23. The Morgan fingerprint density at radius 1 is 1.08 bits per heavy atom. The van der Waals surface area contributed by atoms with Crippen molar-refractivity contribution >= 4 is 30.1 Å². The summed E-state index contributed by atoms with van der Waals surface area (Å²) in [6, 6.07) is 16.8. The Morgan fingerprint density at radius 3 is 2.54 bits per heavy atom. The number of anilines is 1. The van der Waals surface area contributed by atoms with Crippen molar-refractivity contribution in [3.05, 3.63) is 88.5 Å². The van der Waals surface area contributed by atoms with Crippen molar-refractivity contribution in [1.82, 2.24) is 9.88 Å². The number of urea groups is 1. The molecule has 2 N–H and O–H groups in total. The number of aryl methyl sites for hydroxylation is 3. The molecule has 0 unspecified atom stereocenters. The van der Waals surface area contributed by atoms with Crippen molar-refractivity contribution in [2.75, 3.05) is 5.32 Å². The van der Waals surface area contributed by atoms with E-state index in [1.807, 2.05) is 50.2 Å². The summed E-state index contributed by atoms with van der Waals surface area (Å²) >= 11 is 0.926. The number of hydrogen-bond donors (Lipinski definition) is 2. The highest BCUT2D eigenvalue weighted by atomic mass is 32.2. The maximum absolute atomic E-state index is 12.4. The van der Waals surface area contributed by atoms with E-state index in [1.54, 1.807) is 6.21 Å². The average molecular weight is 553 g/mol. The fourth-order valence-corrected chi connectivity index (χ4v) is 4.84. The van der Waals surface area contributed by atoms with Gasteiger partial charge in [-0.2, -0.15) is 0 Å². The largest absolute Gasteiger partial charge is 0.573 e. The number of nitrogens with one attached hydrogen (secondary N) is 2. The van der Waals surface area contributed by atoms with E-state index in [9.17, 15) is 18.0 Å². The second-order valence-electron chi connectivity index (χ2n) is 8.98. The van der Waals surface area contributed by atoms with Crippen LogP contribution < -0.4 is 14.8 Å². The summed E-state index contributed by atoms with van der Waals surface area (Å²) in [6.07, 6.45) is -1.68. The van der Waals surface area contributed by atoms with Crippen LogP contribution >= 0.6 is 12.1 Å². The lowest BCUT2D eigenvalue weighted by atomic mass is 9.87. The van der Waals surface area contributed by atoms with Crippen molar-refractivity contribution < 1.29 is 27.2 Å². The first-order valence-corrected chi connectivity index (χ1v) is 12.8. The lowest BCUT2D eigenvalue weighted by Gasteiger charge is -2.15. The zero-order valence-corrected chi connectivity index (χ0v) is 21.7. The van der Waals surface area contributed by atoms with Crippen LogP contribution in [0.2, 0.25) is 0 Å². The van der Waals surface area contributed by atoms with Gasteiger partial charge in [-0.1, -0.05) is 35.5 Å². The van der Waals surface area contributed by atoms with E-state index in [0.29, 0.717) is 23.4 Å². The normalized spacial score (nSPS) is 12.6. The van der Waals surface area contributed by atoms with Gasteiger partial charge in [0.15, 0.2) is 5.76 Å². The number of rotatable bonds is 6. The van der Waals surface area contributed by atoms with E-state index in [-0.39, 0.29) is 11.8 Å². The Labute approximate surface area is 226 Å². The zero-order valence-electron chi connectivity index (χ0n) is 20.9. The van der Waals surface area contributed by atoms with Gasteiger partial charge in [-0.15, -0.1) is 13.2 Å². The van der Waals surface area contributed by atoms with Crippen LogP contribution in [0.25, 0.3) is 22.6 Å². The van der Waals surface area contributed by atoms with Gasteiger partial charge in [0.1, 0.15) is 11.4 Å². The van der Waals surface area contributed by atoms with Crippen LogP contribution in [0.4, 0.5) is 23.7 Å². The third-order valence-corrected chi connectivity index (χ3v) is 6.77. The Morgan fingerprint density at radius 2 is 1.82 bits per heavy atom. The second kappa shape index (κ2) is 10.9. The van der Waals surface area contributed by atoms with Crippen LogP contribution in [0, 0.1) is 13.8 Å². The third kappa shape index (κ3) is 6.09. The number of carbonyl (C=O) groups is 1. The van der Waals surface area contributed by atoms with E-state index in [2.05, 4.69) is 24.3 Å². The van der Waals surface area contributed by atoms with E-state index in [4.69, 9.17) is 4.52 Å². The number of fused-ring (bicyclic) bond motifs is 3. The number of ether oxygens (including phenoxy) is 1. The summed E-state index contributed by atoms with van der Waals surface area (Å²) in [5, 5.41) is 7.04. The minimum atomic E-state index is -4.74. The number of benzene rings is 3. The minimum absolute atomic E-state index is 0.293. The molecule has 0 radical (unpaired) electrons. The highest BCUT2D eigenvalue weighted by molar-refractivity contribution is 7.96. The molecule has 39 heavy (non-hydrogen) atoms. The maximum atomic E-state index is 12.4. The molecule has 1 aliphatic carbocycles. The molecule has 0 aliphatic heterocycles. The highest BCUT2D eigenvalue weighted by Gasteiger charge is 2.31. The van der Waals surface area contributed by atoms with Crippen LogP contribution in [0.15, 0.2) is 69.6 Å². The molecule has 0 spiro atoms. The lowest BCUT2D eigenvalue weighted by molar-refractivity contribution is -0.274. The Balaban J connectivity index is 1.23. The van der Waals surface area contributed by atoms with Gasteiger partial charge in [0.25, 0.3) is 0 Å². The molecule has 7 nitrogen and oxygen atoms in total. The quantitative estimate of drug-likeness (QED) is 0.192. The molecule has 3 aromatic carbocycles. The van der Waals surface area contributed by atoms with Gasteiger partial charge in [-0.05, 0) is 79.3 Å². The first kappa shape index (κ1) is 26.4. The number of nitrogens with zero attached hydrogens (tertiary/aromatic N) is 2. The Bertz CT molecular complexity index is 1530. The first-order chi connectivity index (χ1) is 18.7. The predicted molar refractivity (Wildman–Crippen MR) is 145 cm³/mol. The van der Waals surface area contributed by atoms with Gasteiger partial charge in [0.05, 0.1) is 12.1 Å². The molecular weight excluding hydrogens is 529 g/mol. The van der Waals surface area contributed by atoms with Crippen LogP contribution in [-0.4, -0.2) is 23.8 Å². The van der Waals surface area contributed by atoms with Crippen LogP contribution in [0.3, 0.4) is 0 Å². The maximum Gasteiger partial charge on any atom is 0.573 e. The summed E-state index contributed by atoms with van der Waals surface area (Å²) < 4.78 is 53.8. The standard InChI is InChI=1S/C28H23F3N4O3S/c1-16-4-3-5-17(2)24(16)33-27(36)35-39-32-15-18-6-12-22-20(14-18)9-13-23-25(34-38-26(22)23)19-7-10-21(11-8-19)37-28(29,30)31/h3-8,10-12,14-15H,9,13H2,1-2H3,(H2,33,35,36). The number of carbonyl (C=O) groups excluding carboxylic acids is 1. The highest BCUT2D eigenvalue weighted by Crippen LogP contribution is 2.39. The summed E-state index contributed by atoms with van der Waals surface area (Å²) in [7, 11) is 0. The van der Waals surface area contributed by atoms with E-state index < -0.39 is 6.36 Å². The van der Waals surface area contributed by atoms with Crippen molar-refractivity contribution in [2.24, 2.45) is 4.40 Å². The molecule has 0 fully saturated rings. The third-order valence-electron chi connectivity index (χ3n) is 6.28. The Kier molecular flexibility index (Phi) is 7.34. The number of alkyl halides is 3. The predicted octanol–water partition coefficient (Wildman–Crippen LogP) is 7.43. The van der Waals surface area contributed by atoms with Crippen molar-refractivity contribution in [1.29, 1.82) is 0 Å². The topological polar surface area (TPSA) is 88.8 Å². The molecule has 0 bridgehead atoms. The summed E-state index contributed by atoms with van der Waals surface area (Å²) in [5.41, 5.74) is 7.71. The molecule has 11 heteroatoms. The monoisotopic (exact) mass is 552 g/mol. The number of amides is 2. The fraction of sp³-hybridized carbons (Fsp3) is 0.179. The number of hydrogen-bond acceptors (Lipinski definition) is 6. The van der Waals surface area contributed by atoms with Gasteiger partial charge in [-0.3, -0.25) is 4.72 Å². The van der Waals surface area contributed by atoms with Crippen LogP contribution in [-0.2, 0) is 12.8 Å². The molecule has 0 atom stereocenters. The summed E-state index contributed by atoms with van der Waals surface area (Å²) in [4.78, 5) is 12.2. The Hall–Kier alpha value is -4.25. The molecule has 1 heterocycles. The smallest absolute Gasteiger partial charge is 0.406 e. The summed E-state index contributed by atoms with van der Waals surface area (Å²) in [6.45, 7) is 3.86. The molecule has 2 amide bonds. The molecule has 0 saturated heterocycles. The van der Waals surface area contributed by atoms with Crippen molar-refractivity contribution in [3.8, 4) is 28.3 Å². The second-order valence-corrected chi connectivity index (χ2v) is 9.57. The molecule has 4 aromatic rings. The number of aromatic nitrogens is 1. The van der Waals surface area contributed by atoms with E-state index in [0.717, 1.165) is 57.6 Å². The van der Waals surface area contributed by atoms with Gasteiger partial charge in [0, 0.05) is 28.6 Å². The minimum Gasteiger partial charge on any atom is -0.406 e. The van der Waals surface area contributed by atoms with E-state index >= 15 is 0 Å². The molecule has 5 rings (SSSR count).